The zero-order chi connectivity index (χ0) is 9.68. The number of hydrogen-bond donors (Lipinski definition) is 1. The Morgan fingerprint density at radius 2 is 2.23 bits per heavy atom. The summed E-state index contributed by atoms with van der Waals surface area (Å²) in [6, 6.07) is 3.74. The van der Waals surface area contributed by atoms with Gasteiger partial charge in [0.2, 0.25) is 0 Å². The number of rotatable bonds is 3. The average molecular weight is 172 g/mol. The number of nitrogens with zero attached hydrogens (tertiary/aromatic N) is 1. The molecule has 0 bridgehead atoms. The zero-order valence-electron chi connectivity index (χ0n) is 7.40. The van der Waals surface area contributed by atoms with Gasteiger partial charge in [-0.05, 0) is 17.7 Å². The van der Waals surface area contributed by atoms with Gasteiger partial charge in [-0.15, -0.1) is 0 Å². The van der Waals surface area contributed by atoms with Crippen LogP contribution in [0.5, 0.6) is 0 Å². The van der Waals surface area contributed by atoms with Crippen molar-refractivity contribution in [3.63, 3.8) is 0 Å². The first-order valence-electron chi connectivity index (χ1n) is 3.95. The Labute approximate surface area is 78.1 Å². The number of anilines is 1. The second kappa shape index (κ2) is 4.26. The summed E-state index contributed by atoms with van der Waals surface area (Å²) in [5, 5.41) is 0. The van der Waals surface area contributed by atoms with Crippen LogP contribution in [0.2, 0.25) is 0 Å². The van der Waals surface area contributed by atoms with Crippen LogP contribution in [0.15, 0.2) is 49.7 Å². The normalized spacial score (nSPS) is 10.9. The van der Waals surface area contributed by atoms with E-state index in [0.29, 0.717) is 5.82 Å². The smallest absolute Gasteiger partial charge is 0.131 e. The number of pyridine rings is 1. The first-order chi connectivity index (χ1) is 6.29. The number of aromatic nitrogens is 1. The van der Waals surface area contributed by atoms with Crippen LogP contribution in [0.3, 0.4) is 0 Å². The third-order valence-corrected chi connectivity index (χ3v) is 1.67. The first-order valence-corrected chi connectivity index (χ1v) is 3.95. The number of allylic oxidation sites excluding steroid dienone is 4. The molecule has 2 nitrogen and oxygen atoms in total. The fraction of sp³-hybridized carbons (Fsp3) is 0. The largest absolute Gasteiger partial charge is 0.383 e. The van der Waals surface area contributed by atoms with Crippen molar-refractivity contribution in [2.24, 2.45) is 0 Å². The van der Waals surface area contributed by atoms with Crippen LogP contribution in [-0.2, 0) is 0 Å². The predicted octanol–water partition coefficient (Wildman–Crippen LogP) is 2.42. The second-order valence-electron chi connectivity index (χ2n) is 2.50. The molecule has 66 valence electrons. The van der Waals surface area contributed by atoms with Crippen molar-refractivity contribution in [3.8, 4) is 0 Å². The van der Waals surface area contributed by atoms with Gasteiger partial charge in [-0.2, -0.15) is 0 Å². The molecular weight excluding hydrogens is 160 g/mol. The third-order valence-electron chi connectivity index (χ3n) is 1.67. The molecule has 1 rings (SSSR count). The molecule has 2 heteroatoms. The second-order valence-corrected chi connectivity index (χ2v) is 2.50. The SMILES string of the molecule is C=C/C=C(\C=C)c1cccnc1N. The van der Waals surface area contributed by atoms with Gasteiger partial charge in [0.1, 0.15) is 5.82 Å². The van der Waals surface area contributed by atoms with E-state index < -0.39 is 0 Å². The summed E-state index contributed by atoms with van der Waals surface area (Å²) in [7, 11) is 0. The lowest BCUT2D eigenvalue weighted by Gasteiger charge is -2.03. The Morgan fingerprint density at radius 1 is 1.46 bits per heavy atom. The molecule has 2 N–H and O–H groups in total. The monoisotopic (exact) mass is 172 g/mol. The Hall–Kier alpha value is -1.83. The van der Waals surface area contributed by atoms with Crippen molar-refractivity contribution >= 4 is 11.4 Å². The molecule has 0 unspecified atom stereocenters. The van der Waals surface area contributed by atoms with Crippen LogP contribution in [0.4, 0.5) is 5.82 Å². The molecule has 0 radical (unpaired) electrons. The van der Waals surface area contributed by atoms with Crippen LogP contribution in [0.25, 0.3) is 5.57 Å². The quantitative estimate of drug-likeness (QED) is 0.711. The average Bonchev–Trinajstić information content (AvgIpc) is 2.16. The lowest BCUT2D eigenvalue weighted by Crippen LogP contribution is -1.94. The summed E-state index contributed by atoms with van der Waals surface area (Å²) in [6.07, 6.45) is 6.94. The molecule has 13 heavy (non-hydrogen) atoms. The molecular formula is C11H12N2. The molecule has 1 heterocycles. The summed E-state index contributed by atoms with van der Waals surface area (Å²) in [4.78, 5) is 3.99. The van der Waals surface area contributed by atoms with Gasteiger partial charge in [-0.25, -0.2) is 4.98 Å². The van der Waals surface area contributed by atoms with E-state index in [1.807, 2.05) is 18.2 Å². The van der Waals surface area contributed by atoms with E-state index in [2.05, 4.69) is 18.1 Å². The molecule has 0 spiro atoms. The highest BCUT2D eigenvalue weighted by molar-refractivity contribution is 5.79. The summed E-state index contributed by atoms with van der Waals surface area (Å²) < 4.78 is 0. The lowest BCUT2D eigenvalue weighted by molar-refractivity contribution is 1.32. The summed E-state index contributed by atoms with van der Waals surface area (Å²) in [5.41, 5.74) is 7.51. The molecule has 0 aromatic carbocycles. The van der Waals surface area contributed by atoms with Gasteiger partial charge in [0, 0.05) is 11.8 Å². The minimum absolute atomic E-state index is 0.510. The Balaban J connectivity index is 3.19. The Kier molecular flexibility index (Phi) is 3.03. The Morgan fingerprint density at radius 3 is 2.77 bits per heavy atom. The van der Waals surface area contributed by atoms with Crippen molar-refractivity contribution in [2.45, 2.75) is 0 Å². The zero-order valence-corrected chi connectivity index (χ0v) is 7.40. The van der Waals surface area contributed by atoms with Gasteiger partial charge < -0.3 is 5.73 Å². The van der Waals surface area contributed by atoms with Crippen LogP contribution < -0.4 is 5.73 Å². The summed E-state index contributed by atoms with van der Waals surface area (Å²) in [5.74, 6) is 0.510. The summed E-state index contributed by atoms with van der Waals surface area (Å²) in [6.45, 7) is 7.32. The third kappa shape index (κ3) is 2.06. The Bertz CT molecular complexity index is 351. The van der Waals surface area contributed by atoms with Gasteiger partial charge >= 0.3 is 0 Å². The minimum Gasteiger partial charge on any atom is -0.383 e. The van der Waals surface area contributed by atoms with E-state index in [1.54, 1.807) is 18.3 Å². The molecule has 1 aromatic heterocycles. The number of hydrogen-bond acceptors (Lipinski definition) is 2. The molecule has 0 aliphatic carbocycles. The lowest BCUT2D eigenvalue weighted by atomic mass is 10.1. The van der Waals surface area contributed by atoms with Gasteiger partial charge in [0.15, 0.2) is 0 Å². The standard InChI is InChI=1S/C11H12N2/c1-3-6-9(4-2)10-7-5-8-13-11(10)12/h3-8H,1-2H2,(H2,12,13)/b9-6+. The van der Waals surface area contributed by atoms with Crippen molar-refractivity contribution < 1.29 is 0 Å². The first kappa shape index (κ1) is 9.26. The van der Waals surface area contributed by atoms with E-state index in [1.165, 1.54) is 0 Å². The molecule has 0 atom stereocenters. The highest BCUT2D eigenvalue weighted by Crippen LogP contribution is 2.19. The summed E-state index contributed by atoms with van der Waals surface area (Å²) >= 11 is 0. The maximum atomic E-state index is 5.69. The minimum atomic E-state index is 0.510. The van der Waals surface area contributed by atoms with Crippen LogP contribution in [0, 0.1) is 0 Å². The van der Waals surface area contributed by atoms with Crippen molar-refractivity contribution in [3.05, 3.63) is 55.3 Å². The number of nitrogens with two attached hydrogens (primary N) is 1. The topological polar surface area (TPSA) is 38.9 Å². The molecule has 0 aliphatic rings. The van der Waals surface area contributed by atoms with Crippen molar-refractivity contribution in [1.82, 2.24) is 4.98 Å². The van der Waals surface area contributed by atoms with E-state index in [-0.39, 0.29) is 0 Å². The highest BCUT2D eigenvalue weighted by Gasteiger charge is 2.00. The van der Waals surface area contributed by atoms with Crippen LogP contribution >= 0.6 is 0 Å². The molecule has 0 fully saturated rings. The molecule has 1 aromatic rings. The highest BCUT2D eigenvalue weighted by atomic mass is 14.8. The maximum Gasteiger partial charge on any atom is 0.131 e. The fourth-order valence-corrected chi connectivity index (χ4v) is 1.06. The molecule has 0 aliphatic heterocycles. The van der Waals surface area contributed by atoms with E-state index in [4.69, 9.17) is 5.73 Å². The van der Waals surface area contributed by atoms with Crippen molar-refractivity contribution in [1.29, 1.82) is 0 Å². The van der Waals surface area contributed by atoms with Crippen LogP contribution in [0.1, 0.15) is 5.56 Å². The van der Waals surface area contributed by atoms with E-state index in [0.717, 1.165) is 11.1 Å². The van der Waals surface area contributed by atoms with Gasteiger partial charge in [0.25, 0.3) is 0 Å². The molecule has 0 saturated heterocycles. The predicted molar refractivity (Wildman–Crippen MR) is 57.0 cm³/mol. The van der Waals surface area contributed by atoms with Gasteiger partial charge in [0.05, 0.1) is 0 Å². The van der Waals surface area contributed by atoms with E-state index in [9.17, 15) is 0 Å². The fourth-order valence-electron chi connectivity index (χ4n) is 1.06. The maximum absolute atomic E-state index is 5.69. The van der Waals surface area contributed by atoms with Gasteiger partial charge in [-0.1, -0.05) is 31.4 Å². The van der Waals surface area contributed by atoms with Crippen LogP contribution in [-0.4, -0.2) is 4.98 Å². The van der Waals surface area contributed by atoms with E-state index >= 15 is 0 Å². The molecule has 0 amide bonds. The van der Waals surface area contributed by atoms with Gasteiger partial charge in [-0.3, -0.25) is 0 Å². The van der Waals surface area contributed by atoms with Crippen molar-refractivity contribution in [2.75, 3.05) is 5.73 Å². The number of nitrogen functional groups attached to an aromatic ring is 1. The molecule has 0 saturated carbocycles.